The number of hydrogen-bond donors (Lipinski definition) is 1. The Labute approximate surface area is 64.6 Å². The van der Waals surface area contributed by atoms with Gasteiger partial charge < -0.3 is 10.5 Å². The van der Waals surface area contributed by atoms with Gasteiger partial charge >= 0.3 is 0 Å². The van der Waals surface area contributed by atoms with Gasteiger partial charge in [-0.05, 0) is 11.6 Å². The third-order valence-corrected chi connectivity index (χ3v) is 1.56. The summed E-state index contributed by atoms with van der Waals surface area (Å²) in [5.41, 5.74) is 0.351. The van der Waals surface area contributed by atoms with Crippen LogP contribution in [0.5, 0.6) is 0 Å². The first kappa shape index (κ1) is 7.98. The molecule has 0 spiro atoms. The Morgan fingerprint density at radius 2 is 2.45 bits per heavy atom. The molecule has 0 radical (unpaired) electrons. The van der Waals surface area contributed by atoms with Crippen LogP contribution in [0.25, 0.3) is 5.41 Å². The van der Waals surface area contributed by atoms with E-state index < -0.39 is 6.17 Å². The minimum Gasteiger partial charge on any atom is -0.807 e. The Morgan fingerprint density at radius 3 is 2.91 bits per heavy atom. The SMILES string of the molecule is CC(=[N-])C1=C(O)CC(F)C=C1. The van der Waals surface area contributed by atoms with Crippen molar-refractivity contribution in [3.8, 4) is 0 Å². The molecule has 1 aliphatic rings. The van der Waals surface area contributed by atoms with Crippen LogP contribution >= 0.6 is 0 Å². The molecule has 0 aliphatic heterocycles. The molecule has 0 saturated heterocycles. The topological polar surface area (TPSA) is 42.5 Å². The van der Waals surface area contributed by atoms with E-state index in [9.17, 15) is 4.39 Å². The molecule has 11 heavy (non-hydrogen) atoms. The lowest BCUT2D eigenvalue weighted by Crippen LogP contribution is -2.08. The molecule has 0 amide bonds. The standard InChI is InChI=1S/C8H9FNO/c1-5(10)7-3-2-6(9)4-8(7)11/h2-3,6,11H,4H2,1H3/q-1. The maximum atomic E-state index is 12.5. The third kappa shape index (κ3) is 1.67. The van der Waals surface area contributed by atoms with Gasteiger partial charge in [-0.15, -0.1) is 0 Å². The second-order valence-corrected chi connectivity index (χ2v) is 2.53. The summed E-state index contributed by atoms with van der Waals surface area (Å²) in [5, 5.41) is 18.1. The summed E-state index contributed by atoms with van der Waals surface area (Å²) >= 11 is 0. The van der Waals surface area contributed by atoms with Gasteiger partial charge in [0.2, 0.25) is 0 Å². The first-order valence-electron chi connectivity index (χ1n) is 3.38. The van der Waals surface area contributed by atoms with Crippen molar-refractivity contribution in [3.05, 3.63) is 28.9 Å². The van der Waals surface area contributed by atoms with Gasteiger partial charge in [0.15, 0.2) is 0 Å². The van der Waals surface area contributed by atoms with E-state index in [0.29, 0.717) is 5.57 Å². The van der Waals surface area contributed by atoms with Crippen LogP contribution in [0.15, 0.2) is 23.5 Å². The average molecular weight is 154 g/mol. The zero-order valence-electron chi connectivity index (χ0n) is 6.21. The first-order valence-corrected chi connectivity index (χ1v) is 3.38. The van der Waals surface area contributed by atoms with Crippen LogP contribution in [0.1, 0.15) is 13.3 Å². The van der Waals surface area contributed by atoms with Crippen LogP contribution in [-0.2, 0) is 0 Å². The van der Waals surface area contributed by atoms with Gasteiger partial charge in [-0.25, -0.2) is 4.39 Å². The van der Waals surface area contributed by atoms with Gasteiger partial charge in [0.1, 0.15) is 11.9 Å². The quantitative estimate of drug-likeness (QED) is 0.577. The van der Waals surface area contributed by atoms with Crippen LogP contribution in [0.4, 0.5) is 4.39 Å². The highest BCUT2D eigenvalue weighted by Gasteiger charge is 2.12. The largest absolute Gasteiger partial charge is 0.807 e. The normalized spacial score (nSPS) is 24.0. The molecule has 0 saturated carbocycles. The minimum absolute atomic E-state index is 0.0191. The molecule has 0 aromatic rings. The van der Waals surface area contributed by atoms with Gasteiger partial charge in [0.05, 0.1) is 0 Å². The fourth-order valence-electron chi connectivity index (χ4n) is 0.989. The fraction of sp³-hybridized carbons (Fsp3) is 0.375. The average Bonchev–Trinajstić information content (AvgIpc) is 1.85. The van der Waals surface area contributed by atoms with E-state index in [4.69, 9.17) is 10.5 Å². The van der Waals surface area contributed by atoms with Crippen LogP contribution < -0.4 is 0 Å². The zero-order valence-corrected chi connectivity index (χ0v) is 6.21. The first-order chi connectivity index (χ1) is 5.11. The molecule has 0 heterocycles. The molecule has 60 valence electrons. The highest BCUT2D eigenvalue weighted by Crippen LogP contribution is 2.19. The lowest BCUT2D eigenvalue weighted by Gasteiger charge is -2.16. The lowest BCUT2D eigenvalue weighted by molar-refractivity contribution is 0.313. The van der Waals surface area contributed by atoms with Crippen LogP contribution in [0.2, 0.25) is 0 Å². The predicted molar refractivity (Wildman–Crippen MR) is 42.3 cm³/mol. The van der Waals surface area contributed by atoms with Gasteiger partial charge in [0.25, 0.3) is 0 Å². The molecule has 0 aromatic heterocycles. The lowest BCUT2D eigenvalue weighted by atomic mass is 10.0. The predicted octanol–water partition coefficient (Wildman–Crippen LogP) is 2.13. The van der Waals surface area contributed by atoms with E-state index in [1.807, 2.05) is 0 Å². The molecule has 2 nitrogen and oxygen atoms in total. The summed E-state index contributed by atoms with van der Waals surface area (Å²) in [5.74, 6) is -0.0833. The minimum atomic E-state index is -1.13. The summed E-state index contributed by atoms with van der Waals surface area (Å²) in [6.07, 6.45) is 1.54. The van der Waals surface area contributed by atoms with Crippen molar-refractivity contribution >= 4 is 5.71 Å². The number of halogens is 1. The van der Waals surface area contributed by atoms with Crippen molar-refractivity contribution in [2.24, 2.45) is 0 Å². The summed E-state index contributed by atoms with van der Waals surface area (Å²) in [6.45, 7) is 1.45. The maximum absolute atomic E-state index is 12.5. The van der Waals surface area contributed by atoms with Gasteiger partial charge in [-0.1, -0.05) is 13.0 Å². The molecule has 3 heteroatoms. The van der Waals surface area contributed by atoms with E-state index in [2.05, 4.69) is 0 Å². The van der Waals surface area contributed by atoms with Crippen LogP contribution in [0.3, 0.4) is 0 Å². The summed E-state index contributed by atoms with van der Waals surface area (Å²) in [4.78, 5) is 0. The van der Waals surface area contributed by atoms with Gasteiger partial charge in [-0.3, -0.25) is 0 Å². The molecular formula is C8H9FNO-. The Kier molecular flexibility index (Phi) is 2.08. The number of allylic oxidation sites excluding steroid dienone is 4. The van der Waals surface area contributed by atoms with Crippen molar-refractivity contribution in [1.29, 1.82) is 0 Å². The molecular weight excluding hydrogens is 145 g/mol. The number of hydrogen-bond acceptors (Lipinski definition) is 1. The third-order valence-electron chi connectivity index (χ3n) is 1.56. The summed E-state index contributed by atoms with van der Waals surface area (Å²) in [7, 11) is 0. The maximum Gasteiger partial charge on any atom is 0.126 e. The monoisotopic (exact) mass is 154 g/mol. The molecule has 0 aromatic carbocycles. The number of alkyl halides is 1. The number of nitrogens with zero attached hydrogens (tertiary/aromatic N) is 1. The molecule has 1 unspecified atom stereocenters. The molecule has 0 bridgehead atoms. The zero-order chi connectivity index (χ0) is 8.43. The Balaban J connectivity index is 2.88. The summed E-state index contributed by atoms with van der Waals surface area (Å²) < 4.78 is 12.5. The summed E-state index contributed by atoms with van der Waals surface area (Å²) in [6, 6.07) is 0. The van der Waals surface area contributed by atoms with Crippen LogP contribution in [0, 0.1) is 0 Å². The van der Waals surface area contributed by atoms with E-state index in [1.54, 1.807) is 0 Å². The molecule has 1 aliphatic carbocycles. The van der Waals surface area contributed by atoms with E-state index >= 15 is 0 Å². The second-order valence-electron chi connectivity index (χ2n) is 2.53. The Hall–Kier alpha value is -1.12. The van der Waals surface area contributed by atoms with Crippen molar-refractivity contribution in [1.82, 2.24) is 0 Å². The number of aliphatic hydroxyl groups excluding tert-OH is 1. The van der Waals surface area contributed by atoms with Gasteiger partial charge in [0, 0.05) is 6.42 Å². The molecule has 0 fully saturated rings. The molecule has 1 rings (SSSR count). The van der Waals surface area contributed by atoms with Crippen molar-refractivity contribution in [2.75, 3.05) is 0 Å². The highest BCUT2D eigenvalue weighted by atomic mass is 19.1. The van der Waals surface area contributed by atoms with Gasteiger partial charge in [-0.2, -0.15) is 5.71 Å². The highest BCUT2D eigenvalue weighted by molar-refractivity contribution is 6.03. The van der Waals surface area contributed by atoms with E-state index in [1.165, 1.54) is 19.1 Å². The fourth-order valence-corrected chi connectivity index (χ4v) is 0.989. The van der Waals surface area contributed by atoms with Crippen molar-refractivity contribution < 1.29 is 9.50 Å². The van der Waals surface area contributed by atoms with Crippen molar-refractivity contribution in [2.45, 2.75) is 19.5 Å². The second kappa shape index (κ2) is 2.86. The van der Waals surface area contributed by atoms with E-state index in [-0.39, 0.29) is 17.9 Å². The van der Waals surface area contributed by atoms with Crippen molar-refractivity contribution in [3.63, 3.8) is 0 Å². The Bertz CT molecular complexity index is 242. The number of aliphatic hydroxyl groups is 1. The molecule has 1 N–H and O–H groups in total. The van der Waals surface area contributed by atoms with Crippen LogP contribution in [-0.4, -0.2) is 17.0 Å². The molecule has 1 atom stereocenters. The van der Waals surface area contributed by atoms with E-state index in [0.717, 1.165) is 0 Å². The Morgan fingerprint density at radius 1 is 1.82 bits per heavy atom. The smallest absolute Gasteiger partial charge is 0.126 e. The number of rotatable bonds is 1.